The summed E-state index contributed by atoms with van der Waals surface area (Å²) >= 11 is 0. The van der Waals surface area contributed by atoms with E-state index in [0.717, 1.165) is 24.9 Å². The standard InChI is InChI=1S/C11H20N2O/c1-4-6-13-8-10(7-12-13)11(14)9(3)5-2/h7-9,11,14H,4-6H2,1-3H3. The molecule has 3 heteroatoms. The Bertz CT molecular complexity index is 270. The second-order valence-electron chi connectivity index (χ2n) is 3.87. The average Bonchev–Trinajstić information content (AvgIpc) is 2.64. The Morgan fingerprint density at radius 1 is 1.50 bits per heavy atom. The fourth-order valence-electron chi connectivity index (χ4n) is 1.44. The van der Waals surface area contributed by atoms with Gasteiger partial charge in [0.1, 0.15) is 0 Å². The van der Waals surface area contributed by atoms with E-state index >= 15 is 0 Å². The molecule has 0 aliphatic carbocycles. The van der Waals surface area contributed by atoms with Gasteiger partial charge in [-0.2, -0.15) is 5.10 Å². The third-order valence-electron chi connectivity index (χ3n) is 2.63. The minimum atomic E-state index is -0.370. The maximum absolute atomic E-state index is 9.92. The van der Waals surface area contributed by atoms with Gasteiger partial charge in [-0.1, -0.05) is 27.2 Å². The highest BCUT2D eigenvalue weighted by molar-refractivity contribution is 5.08. The molecule has 14 heavy (non-hydrogen) atoms. The summed E-state index contributed by atoms with van der Waals surface area (Å²) in [7, 11) is 0. The molecule has 1 aromatic rings. The SMILES string of the molecule is CCCn1cc(C(O)C(C)CC)cn1. The highest BCUT2D eigenvalue weighted by Gasteiger charge is 2.15. The lowest BCUT2D eigenvalue weighted by atomic mass is 9.98. The van der Waals surface area contributed by atoms with E-state index in [4.69, 9.17) is 0 Å². The van der Waals surface area contributed by atoms with Crippen molar-refractivity contribution in [3.05, 3.63) is 18.0 Å². The van der Waals surface area contributed by atoms with Gasteiger partial charge in [0.05, 0.1) is 12.3 Å². The Morgan fingerprint density at radius 2 is 2.21 bits per heavy atom. The van der Waals surface area contributed by atoms with Crippen LogP contribution in [-0.4, -0.2) is 14.9 Å². The number of aromatic nitrogens is 2. The van der Waals surface area contributed by atoms with E-state index in [2.05, 4.69) is 25.9 Å². The molecule has 0 aliphatic rings. The Morgan fingerprint density at radius 3 is 2.79 bits per heavy atom. The van der Waals surface area contributed by atoms with Gasteiger partial charge in [-0.3, -0.25) is 4.68 Å². The van der Waals surface area contributed by atoms with Crippen LogP contribution in [0.2, 0.25) is 0 Å². The van der Waals surface area contributed by atoms with Crippen molar-refractivity contribution in [1.82, 2.24) is 9.78 Å². The average molecular weight is 196 g/mol. The summed E-state index contributed by atoms with van der Waals surface area (Å²) in [5.74, 6) is 0.300. The van der Waals surface area contributed by atoms with Crippen LogP contribution in [0, 0.1) is 5.92 Å². The number of aliphatic hydroxyl groups is 1. The van der Waals surface area contributed by atoms with Gasteiger partial charge in [0.25, 0.3) is 0 Å². The van der Waals surface area contributed by atoms with Crippen LogP contribution in [0.4, 0.5) is 0 Å². The van der Waals surface area contributed by atoms with E-state index in [9.17, 15) is 5.11 Å². The second kappa shape index (κ2) is 5.15. The molecule has 0 fully saturated rings. The number of aryl methyl sites for hydroxylation is 1. The van der Waals surface area contributed by atoms with Crippen LogP contribution in [0.1, 0.15) is 45.3 Å². The molecule has 2 unspecified atom stereocenters. The van der Waals surface area contributed by atoms with Crippen molar-refractivity contribution in [2.75, 3.05) is 0 Å². The van der Waals surface area contributed by atoms with E-state index in [1.54, 1.807) is 6.20 Å². The normalized spacial score (nSPS) is 15.4. The van der Waals surface area contributed by atoms with Gasteiger partial charge in [-0.25, -0.2) is 0 Å². The van der Waals surface area contributed by atoms with E-state index in [0.29, 0.717) is 5.92 Å². The zero-order chi connectivity index (χ0) is 10.6. The molecular weight excluding hydrogens is 176 g/mol. The van der Waals surface area contributed by atoms with Crippen molar-refractivity contribution < 1.29 is 5.11 Å². The number of hydrogen-bond acceptors (Lipinski definition) is 2. The molecule has 0 saturated heterocycles. The molecule has 0 aromatic carbocycles. The van der Waals surface area contributed by atoms with E-state index < -0.39 is 0 Å². The lowest BCUT2D eigenvalue weighted by molar-refractivity contribution is 0.115. The monoisotopic (exact) mass is 196 g/mol. The maximum atomic E-state index is 9.92. The molecule has 3 nitrogen and oxygen atoms in total. The van der Waals surface area contributed by atoms with Gasteiger partial charge < -0.3 is 5.11 Å². The van der Waals surface area contributed by atoms with Gasteiger partial charge >= 0.3 is 0 Å². The summed E-state index contributed by atoms with van der Waals surface area (Å²) in [6, 6.07) is 0. The third kappa shape index (κ3) is 2.58. The van der Waals surface area contributed by atoms with Crippen molar-refractivity contribution in [2.45, 2.75) is 46.3 Å². The predicted octanol–water partition coefficient (Wildman–Crippen LogP) is 2.37. The molecule has 0 saturated carbocycles. The quantitative estimate of drug-likeness (QED) is 0.785. The molecule has 1 heterocycles. The van der Waals surface area contributed by atoms with Crippen LogP contribution in [0.25, 0.3) is 0 Å². The Balaban J connectivity index is 2.65. The number of aliphatic hydroxyl groups excluding tert-OH is 1. The molecule has 1 rings (SSSR count). The molecular formula is C11H20N2O. The van der Waals surface area contributed by atoms with E-state index in [1.807, 2.05) is 10.9 Å². The zero-order valence-corrected chi connectivity index (χ0v) is 9.27. The van der Waals surface area contributed by atoms with Crippen molar-refractivity contribution in [3.63, 3.8) is 0 Å². The summed E-state index contributed by atoms with van der Waals surface area (Å²) < 4.78 is 1.89. The van der Waals surface area contributed by atoms with Crippen LogP contribution < -0.4 is 0 Å². The summed E-state index contributed by atoms with van der Waals surface area (Å²) in [6.45, 7) is 7.19. The van der Waals surface area contributed by atoms with Crippen LogP contribution >= 0.6 is 0 Å². The van der Waals surface area contributed by atoms with Crippen LogP contribution in [-0.2, 0) is 6.54 Å². The minimum Gasteiger partial charge on any atom is -0.388 e. The van der Waals surface area contributed by atoms with Crippen LogP contribution in [0.5, 0.6) is 0 Å². The number of rotatable bonds is 5. The molecule has 0 radical (unpaired) electrons. The van der Waals surface area contributed by atoms with Crippen molar-refractivity contribution in [1.29, 1.82) is 0 Å². The Hall–Kier alpha value is -0.830. The van der Waals surface area contributed by atoms with E-state index in [1.165, 1.54) is 0 Å². The summed E-state index contributed by atoms with van der Waals surface area (Å²) in [5.41, 5.74) is 0.938. The van der Waals surface area contributed by atoms with Crippen molar-refractivity contribution in [2.24, 2.45) is 5.92 Å². The van der Waals surface area contributed by atoms with Gasteiger partial charge in [-0.15, -0.1) is 0 Å². The maximum Gasteiger partial charge on any atom is 0.0845 e. The van der Waals surface area contributed by atoms with Crippen molar-refractivity contribution >= 4 is 0 Å². The molecule has 1 aromatic heterocycles. The predicted molar refractivity (Wildman–Crippen MR) is 56.9 cm³/mol. The highest BCUT2D eigenvalue weighted by Crippen LogP contribution is 2.23. The topological polar surface area (TPSA) is 38.0 Å². The minimum absolute atomic E-state index is 0.300. The van der Waals surface area contributed by atoms with Gasteiger partial charge in [0.15, 0.2) is 0 Å². The largest absolute Gasteiger partial charge is 0.388 e. The Kier molecular flexibility index (Phi) is 4.14. The smallest absolute Gasteiger partial charge is 0.0845 e. The summed E-state index contributed by atoms with van der Waals surface area (Å²) in [5, 5.41) is 14.1. The molecule has 0 spiro atoms. The fraction of sp³-hybridized carbons (Fsp3) is 0.727. The molecule has 0 bridgehead atoms. The van der Waals surface area contributed by atoms with Gasteiger partial charge in [0.2, 0.25) is 0 Å². The highest BCUT2D eigenvalue weighted by atomic mass is 16.3. The van der Waals surface area contributed by atoms with Crippen LogP contribution in [0.15, 0.2) is 12.4 Å². The Labute approximate surface area is 85.8 Å². The van der Waals surface area contributed by atoms with Crippen molar-refractivity contribution in [3.8, 4) is 0 Å². The first-order valence-electron chi connectivity index (χ1n) is 5.39. The second-order valence-corrected chi connectivity index (χ2v) is 3.87. The lowest BCUT2D eigenvalue weighted by Crippen LogP contribution is -2.07. The van der Waals surface area contributed by atoms with Crippen LogP contribution in [0.3, 0.4) is 0 Å². The zero-order valence-electron chi connectivity index (χ0n) is 9.27. The first kappa shape index (κ1) is 11.2. The molecule has 2 atom stereocenters. The lowest BCUT2D eigenvalue weighted by Gasteiger charge is -2.14. The fourth-order valence-corrected chi connectivity index (χ4v) is 1.44. The first-order valence-corrected chi connectivity index (χ1v) is 5.39. The van der Waals surface area contributed by atoms with Gasteiger partial charge in [0, 0.05) is 18.3 Å². The first-order chi connectivity index (χ1) is 6.69. The molecule has 0 aliphatic heterocycles. The number of nitrogens with zero attached hydrogens (tertiary/aromatic N) is 2. The number of hydrogen-bond donors (Lipinski definition) is 1. The van der Waals surface area contributed by atoms with E-state index in [-0.39, 0.29) is 6.10 Å². The molecule has 0 amide bonds. The molecule has 80 valence electrons. The molecule has 1 N–H and O–H groups in total. The summed E-state index contributed by atoms with van der Waals surface area (Å²) in [6.07, 6.45) is 5.40. The van der Waals surface area contributed by atoms with Gasteiger partial charge in [-0.05, 0) is 12.3 Å². The summed E-state index contributed by atoms with van der Waals surface area (Å²) in [4.78, 5) is 0. The third-order valence-corrected chi connectivity index (χ3v) is 2.63.